The van der Waals surface area contributed by atoms with Crippen LogP contribution in [0.15, 0.2) is 0 Å². The molecule has 0 aromatic carbocycles. The first-order valence-corrected chi connectivity index (χ1v) is 7.43. The molecule has 5 heteroatoms. The highest BCUT2D eigenvalue weighted by molar-refractivity contribution is 6.00. The third kappa shape index (κ3) is 2.68. The van der Waals surface area contributed by atoms with Gasteiger partial charge in [0, 0.05) is 13.0 Å². The zero-order chi connectivity index (χ0) is 14.6. The van der Waals surface area contributed by atoms with Crippen molar-refractivity contribution in [2.45, 2.75) is 51.0 Å². The molecular weight excluding hydrogens is 260 g/mol. The monoisotopic (exact) mass is 284 g/mol. The van der Waals surface area contributed by atoms with Crippen molar-refractivity contribution in [2.24, 2.45) is 11.3 Å². The number of rotatable bonds is 5. The number of methoxy groups -OCH3 is 2. The van der Waals surface area contributed by atoms with Gasteiger partial charge in [-0.25, -0.2) is 0 Å². The molecule has 2 aliphatic rings. The van der Waals surface area contributed by atoms with Gasteiger partial charge < -0.3 is 14.2 Å². The van der Waals surface area contributed by atoms with Crippen LogP contribution in [-0.4, -0.2) is 38.9 Å². The molecule has 1 heterocycles. The summed E-state index contributed by atoms with van der Waals surface area (Å²) in [7, 11) is 2.68. The van der Waals surface area contributed by atoms with E-state index >= 15 is 0 Å². The molecule has 5 nitrogen and oxygen atoms in total. The molecule has 2 rings (SSSR count). The lowest BCUT2D eigenvalue weighted by atomic mass is 9.70. The van der Waals surface area contributed by atoms with Crippen LogP contribution in [0.3, 0.4) is 0 Å². The molecule has 1 atom stereocenters. The summed E-state index contributed by atoms with van der Waals surface area (Å²) < 4.78 is 15.6. The highest BCUT2D eigenvalue weighted by Gasteiger charge is 2.56. The Balaban J connectivity index is 2.30. The van der Waals surface area contributed by atoms with Gasteiger partial charge in [-0.2, -0.15) is 0 Å². The van der Waals surface area contributed by atoms with Gasteiger partial charge in [-0.3, -0.25) is 9.59 Å². The summed E-state index contributed by atoms with van der Waals surface area (Å²) >= 11 is 0. The molecule has 1 aliphatic carbocycles. The van der Waals surface area contributed by atoms with E-state index in [2.05, 4.69) is 0 Å². The number of hydrogen-bond acceptors (Lipinski definition) is 5. The number of ether oxygens (including phenoxy) is 3. The molecular formula is C15H24O5. The second-order valence-electron chi connectivity index (χ2n) is 5.78. The highest BCUT2D eigenvalue weighted by atomic mass is 16.5. The molecule has 0 amide bonds. The van der Waals surface area contributed by atoms with Crippen molar-refractivity contribution in [3.05, 3.63) is 0 Å². The van der Waals surface area contributed by atoms with Crippen molar-refractivity contribution >= 4 is 11.9 Å². The third-order valence-corrected chi connectivity index (χ3v) is 4.73. The van der Waals surface area contributed by atoms with Crippen molar-refractivity contribution in [3.63, 3.8) is 0 Å². The molecule has 0 spiro atoms. The molecule has 0 aromatic rings. The fourth-order valence-corrected chi connectivity index (χ4v) is 3.70. The number of hydrogen-bond donors (Lipinski definition) is 0. The predicted molar refractivity (Wildman–Crippen MR) is 72.0 cm³/mol. The molecule has 0 radical (unpaired) electrons. The van der Waals surface area contributed by atoms with Crippen LogP contribution in [0.2, 0.25) is 0 Å². The van der Waals surface area contributed by atoms with E-state index < -0.39 is 17.4 Å². The maximum Gasteiger partial charge on any atom is 0.323 e. The van der Waals surface area contributed by atoms with Gasteiger partial charge in [0.05, 0.1) is 20.3 Å². The van der Waals surface area contributed by atoms with Crippen LogP contribution < -0.4 is 0 Å². The quantitative estimate of drug-likeness (QED) is 0.571. The van der Waals surface area contributed by atoms with Crippen LogP contribution in [0.25, 0.3) is 0 Å². The van der Waals surface area contributed by atoms with E-state index in [1.807, 2.05) is 0 Å². The largest absolute Gasteiger partial charge is 0.468 e. The van der Waals surface area contributed by atoms with Crippen molar-refractivity contribution < 1.29 is 23.8 Å². The Morgan fingerprint density at radius 2 is 1.65 bits per heavy atom. The van der Waals surface area contributed by atoms with Gasteiger partial charge in [0.2, 0.25) is 0 Å². The van der Waals surface area contributed by atoms with Crippen LogP contribution in [-0.2, 0) is 23.8 Å². The minimum atomic E-state index is -1.19. The van der Waals surface area contributed by atoms with Gasteiger partial charge in [-0.15, -0.1) is 0 Å². The Kier molecular flexibility index (Phi) is 5.02. The lowest BCUT2D eigenvalue weighted by Crippen LogP contribution is -2.48. The second kappa shape index (κ2) is 6.57. The zero-order valence-corrected chi connectivity index (χ0v) is 12.4. The first-order chi connectivity index (χ1) is 9.65. The summed E-state index contributed by atoms with van der Waals surface area (Å²) in [4.78, 5) is 24.9. The Morgan fingerprint density at radius 3 is 2.10 bits per heavy atom. The van der Waals surface area contributed by atoms with E-state index in [1.165, 1.54) is 14.2 Å². The molecule has 0 aromatic heterocycles. The fourth-order valence-electron chi connectivity index (χ4n) is 3.70. The number of carbonyl (C=O) groups excluding carboxylic acids is 2. The van der Waals surface area contributed by atoms with Gasteiger partial charge in [0.1, 0.15) is 0 Å². The van der Waals surface area contributed by atoms with E-state index in [0.717, 1.165) is 38.5 Å². The van der Waals surface area contributed by atoms with Crippen molar-refractivity contribution in [2.75, 3.05) is 20.8 Å². The number of carbonyl (C=O) groups is 2. The van der Waals surface area contributed by atoms with Crippen LogP contribution in [0.1, 0.15) is 44.9 Å². The van der Waals surface area contributed by atoms with E-state index in [0.29, 0.717) is 13.0 Å². The molecule has 2 fully saturated rings. The third-order valence-electron chi connectivity index (χ3n) is 4.73. The molecule has 114 valence electrons. The fraction of sp³-hybridized carbons (Fsp3) is 0.867. The van der Waals surface area contributed by atoms with Crippen molar-refractivity contribution in [1.82, 2.24) is 0 Å². The summed E-state index contributed by atoms with van der Waals surface area (Å²) in [6.07, 6.45) is 6.05. The summed E-state index contributed by atoms with van der Waals surface area (Å²) in [6, 6.07) is 0. The molecule has 1 unspecified atom stereocenters. The highest BCUT2D eigenvalue weighted by Crippen LogP contribution is 2.46. The summed E-state index contributed by atoms with van der Waals surface area (Å²) in [5, 5.41) is 0. The van der Waals surface area contributed by atoms with Gasteiger partial charge >= 0.3 is 11.9 Å². The Labute approximate surface area is 120 Å². The lowest BCUT2D eigenvalue weighted by molar-refractivity contribution is -0.177. The van der Waals surface area contributed by atoms with Crippen LogP contribution in [0, 0.1) is 11.3 Å². The predicted octanol–water partition coefficient (Wildman–Crippen LogP) is 2.08. The van der Waals surface area contributed by atoms with Crippen molar-refractivity contribution in [3.8, 4) is 0 Å². The maximum atomic E-state index is 12.4. The van der Waals surface area contributed by atoms with Crippen molar-refractivity contribution in [1.29, 1.82) is 0 Å². The summed E-state index contributed by atoms with van der Waals surface area (Å²) in [5.74, 6) is -0.926. The second-order valence-corrected chi connectivity index (χ2v) is 5.78. The molecule has 1 saturated carbocycles. The van der Waals surface area contributed by atoms with E-state index in [9.17, 15) is 9.59 Å². The SMILES string of the molecule is COC(=O)C(CC1CCCO1)(C(=O)OC)C1CCCC1. The topological polar surface area (TPSA) is 61.8 Å². The van der Waals surface area contributed by atoms with Gasteiger partial charge in [-0.1, -0.05) is 12.8 Å². The summed E-state index contributed by atoms with van der Waals surface area (Å²) in [5.41, 5.74) is -1.19. The normalized spacial score (nSPS) is 23.8. The van der Waals surface area contributed by atoms with Crippen LogP contribution >= 0.6 is 0 Å². The minimum Gasteiger partial charge on any atom is -0.468 e. The van der Waals surface area contributed by atoms with Gasteiger partial charge in [0.25, 0.3) is 0 Å². The molecule has 1 aliphatic heterocycles. The van der Waals surface area contributed by atoms with Crippen LogP contribution in [0.4, 0.5) is 0 Å². The lowest BCUT2D eigenvalue weighted by Gasteiger charge is -2.35. The number of esters is 2. The smallest absolute Gasteiger partial charge is 0.323 e. The molecule has 0 N–H and O–H groups in total. The average molecular weight is 284 g/mol. The summed E-state index contributed by atoms with van der Waals surface area (Å²) in [6.45, 7) is 0.702. The zero-order valence-electron chi connectivity index (χ0n) is 12.4. The molecule has 1 saturated heterocycles. The molecule has 20 heavy (non-hydrogen) atoms. The average Bonchev–Trinajstić information content (AvgIpc) is 3.15. The first kappa shape index (κ1) is 15.3. The van der Waals surface area contributed by atoms with E-state index in [1.54, 1.807) is 0 Å². The molecule has 0 bridgehead atoms. The van der Waals surface area contributed by atoms with E-state index in [4.69, 9.17) is 14.2 Å². The Bertz CT molecular complexity index is 337. The first-order valence-electron chi connectivity index (χ1n) is 7.43. The van der Waals surface area contributed by atoms with E-state index in [-0.39, 0.29) is 12.0 Å². The standard InChI is InChI=1S/C15H24O5/c1-18-13(16)15(14(17)19-2,11-6-3-4-7-11)10-12-8-5-9-20-12/h11-12H,3-10H2,1-2H3. The Morgan fingerprint density at radius 1 is 1.05 bits per heavy atom. The minimum absolute atomic E-state index is 0.00611. The van der Waals surface area contributed by atoms with Gasteiger partial charge in [0.15, 0.2) is 5.41 Å². The van der Waals surface area contributed by atoms with Crippen LogP contribution in [0.5, 0.6) is 0 Å². The van der Waals surface area contributed by atoms with Gasteiger partial charge in [-0.05, 0) is 31.6 Å². The Hall–Kier alpha value is -1.10. The maximum absolute atomic E-state index is 12.4.